The highest BCUT2D eigenvalue weighted by Crippen LogP contribution is 2.03. The van der Waals surface area contributed by atoms with Gasteiger partial charge >= 0.3 is 11.9 Å². The van der Waals surface area contributed by atoms with E-state index in [-0.39, 0.29) is 6.42 Å². The smallest absolute Gasteiger partial charge is 0.328 e. The minimum atomic E-state index is -1.66. The van der Waals surface area contributed by atoms with Gasteiger partial charge < -0.3 is 47.1 Å². The lowest BCUT2D eigenvalue weighted by Gasteiger charge is -2.24. The number of hydrogen-bond acceptors (Lipinski definition) is 9. The van der Waals surface area contributed by atoms with Gasteiger partial charge in [-0.1, -0.05) is 0 Å². The van der Waals surface area contributed by atoms with Crippen LogP contribution in [0, 0.1) is 0 Å². The van der Waals surface area contributed by atoms with Crippen LogP contribution in [-0.4, -0.2) is 96.9 Å². The SMILES string of the molecule is CC(O)C(N)C(=O)NC(CC(=O)O)C(=O)NC(Cc1cnc[nH]1)C(=O)NC(CO)C(=O)O. The average molecular weight is 458 g/mol. The van der Waals surface area contributed by atoms with Crippen molar-refractivity contribution in [3.8, 4) is 0 Å². The molecule has 0 aliphatic heterocycles. The lowest BCUT2D eigenvalue weighted by molar-refractivity contribution is -0.144. The molecule has 15 nitrogen and oxygen atoms in total. The summed E-state index contributed by atoms with van der Waals surface area (Å²) in [6, 6.07) is -6.17. The van der Waals surface area contributed by atoms with Gasteiger partial charge in [0.1, 0.15) is 24.2 Å². The number of aliphatic hydroxyl groups is 2. The summed E-state index contributed by atoms with van der Waals surface area (Å²) < 4.78 is 0. The number of imidazole rings is 1. The van der Waals surface area contributed by atoms with Crippen molar-refractivity contribution in [1.29, 1.82) is 0 Å². The lowest BCUT2D eigenvalue weighted by Crippen LogP contribution is -2.59. The van der Waals surface area contributed by atoms with Gasteiger partial charge in [-0.3, -0.25) is 19.2 Å². The Morgan fingerprint density at radius 3 is 2.06 bits per heavy atom. The van der Waals surface area contributed by atoms with Crippen molar-refractivity contribution in [3.05, 3.63) is 18.2 Å². The molecule has 0 spiro atoms. The number of aromatic amines is 1. The van der Waals surface area contributed by atoms with Crippen LogP contribution in [0.2, 0.25) is 0 Å². The summed E-state index contributed by atoms with van der Waals surface area (Å²) in [6.45, 7) is 0.308. The van der Waals surface area contributed by atoms with E-state index in [1.807, 2.05) is 5.32 Å². The van der Waals surface area contributed by atoms with Gasteiger partial charge in [-0.15, -0.1) is 0 Å². The van der Waals surface area contributed by atoms with E-state index in [9.17, 15) is 29.1 Å². The van der Waals surface area contributed by atoms with Crippen LogP contribution in [0.5, 0.6) is 0 Å². The van der Waals surface area contributed by atoms with E-state index in [4.69, 9.17) is 21.1 Å². The summed E-state index contributed by atoms with van der Waals surface area (Å²) >= 11 is 0. The van der Waals surface area contributed by atoms with Gasteiger partial charge in [0, 0.05) is 18.3 Å². The van der Waals surface area contributed by atoms with E-state index in [0.717, 1.165) is 0 Å². The van der Waals surface area contributed by atoms with Gasteiger partial charge in [0.05, 0.1) is 25.5 Å². The first-order valence-corrected chi connectivity index (χ1v) is 9.33. The maximum atomic E-state index is 12.7. The van der Waals surface area contributed by atoms with Crippen LogP contribution in [0.15, 0.2) is 12.5 Å². The normalized spacial score (nSPS) is 15.5. The van der Waals surface area contributed by atoms with Crippen molar-refractivity contribution >= 4 is 29.7 Å². The fourth-order valence-corrected chi connectivity index (χ4v) is 2.43. The molecule has 5 atom stereocenters. The molecule has 1 aromatic rings. The summed E-state index contributed by atoms with van der Waals surface area (Å²) in [5.74, 6) is -6.03. The Bertz CT molecular complexity index is 813. The zero-order chi connectivity index (χ0) is 24.4. The number of aromatic nitrogens is 2. The van der Waals surface area contributed by atoms with Crippen molar-refractivity contribution < 1.29 is 44.4 Å². The summed E-state index contributed by atoms with van der Waals surface area (Å²) in [5, 5.41) is 43.0. The van der Waals surface area contributed by atoms with E-state index in [1.165, 1.54) is 19.4 Å². The summed E-state index contributed by atoms with van der Waals surface area (Å²) in [4.78, 5) is 66.0. The van der Waals surface area contributed by atoms with E-state index in [0.29, 0.717) is 5.69 Å². The van der Waals surface area contributed by atoms with Crippen molar-refractivity contribution in [2.75, 3.05) is 6.61 Å². The number of nitrogens with one attached hydrogen (secondary N) is 4. The number of nitrogens with two attached hydrogens (primary N) is 1. The summed E-state index contributed by atoms with van der Waals surface area (Å²) in [7, 11) is 0. The largest absolute Gasteiger partial charge is 0.481 e. The van der Waals surface area contributed by atoms with Gasteiger partial charge in [0.15, 0.2) is 0 Å². The highest BCUT2D eigenvalue weighted by atomic mass is 16.4. The Balaban J connectivity index is 3.04. The maximum Gasteiger partial charge on any atom is 0.328 e. The second kappa shape index (κ2) is 12.3. The molecule has 178 valence electrons. The Morgan fingerprint density at radius 1 is 1.03 bits per heavy atom. The average Bonchev–Trinajstić information content (AvgIpc) is 3.22. The van der Waals surface area contributed by atoms with Crippen LogP contribution in [-0.2, 0) is 30.4 Å². The number of hydrogen-bond donors (Lipinski definition) is 9. The number of amides is 3. The Kier molecular flexibility index (Phi) is 10.2. The predicted octanol–water partition coefficient (Wildman–Crippen LogP) is -4.33. The van der Waals surface area contributed by atoms with Gasteiger partial charge in [-0.05, 0) is 6.92 Å². The fraction of sp³-hybridized carbons (Fsp3) is 0.529. The molecule has 0 radical (unpaired) electrons. The molecule has 3 amide bonds. The molecule has 0 fully saturated rings. The molecule has 0 aromatic carbocycles. The second-order valence-electron chi connectivity index (χ2n) is 6.85. The molecule has 0 bridgehead atoms. The van der Waals surface area contributed by atoms with E-state index < -0.39 is 73.0 Å². The van der Waals surface area contributed by atoms with Crippen LogP contribution >= 0.6 is 0 Å². The first-order chi connectivity index (χ1) is 15.0. The highest BCUT2D eigenvalue weighted by molar-refractivity contribution is 5.95. The zero-order valence-corrected chi connectivity index (χ0v) is 17.0. The van der Waals surface area contributed by atoms with Gasteiger partial charge in [0.2, 0.25) is 17.7 Å². The number of aliphatic carboxylic acids is 2. The minimum absolute atomic E-state index is 0.198. The molecule has 1 heterocycles. The third kappa shape index (κ3) is 8.29. The third-order valence-electron chi connectivity index (χ3n) is 4.24. The summed E-state index contributed by atoms with van der Waals surface area (Å²) in [5.41, 5.74) is 5.85. The molecule has 1 rings (SSSR count). The molecule has 10 N–H and O–H groups in total. The molecule has 0 saturated heterocycles. The number of carboxylic acid groups (broad SMARTS) is 2. The van der Waals surface area contributed by atoms with E-state index in [2.05, 4.69) is 20.6 Å². The first kappa shape index (κ1) is 26.5. The molecular formula is C17H26N6O9. The number of aliphatic hydroxyl groups excluding tert-OH is 2. The van der Waals surface area contributed by atoms with Gasteiger partial charge in [-0.2, -0.15) is 0 Å². The number of carboxylic acids is 2. The van der Waals surface area contributed by atoms with Crippen molar-refractivity contribution in [2.24, 2.45) is 5.73 Å². The van der Waals surface area contributed by atoms with Crippen LogP contribution in [0.4, 0.5) is 0 Å². The van der Waals surface area contributed by atoms with Crippen molar-refractivity contribution in [1.82, 2.24) is 25.9 Å². The first-order valence-electron chi connectivity index (χ1n) is 9.33. The molecule has 0 saturated carbocycles. The number of nitrogens with zero attached hydrogens (tertiary/aromatic N) is 1. The van der Waals surface area contributed by atoms with Crippen LogP contribution in [0.1, 0.15) is 19.0 Å². The molecule has 5 unspecified atom stereocenters. The fourth-order valence-electron chi connectivity index (χ4n) is 2.43. The van der Waals surface area contributed by atoms with Gasteiger partial charge in [-0.25, -0.2) is 9.78 Å². The number of carbonyl (C=O) groups is 5. The Hall–Kier alpha value is -3.56. The number of carbonyl (C=O) groups excluding carboxylic acids is 3. The van der Waals surface area contributed by atoms with Crippen LogP contribution in [0.25, 0.3) is 0 Å². The quantitative estimate of drug-likeness (QED) is 0.136. The Labute approximate surface area is 181 Å². The van der Waals surface area contributed by atoms with Crippen molar-refractivity contribution in [2.45, 2.75) is 50.0 Å². The third-order valence-corrected chi connectivity index (χ3v) is 4.24. The van der Waals surface area contributed by atoms with Crippen LogP contribution < -0.4 is 21.7 Å². The van der Waals surface area contributed by atoms with E-state index in [1.54, 1.807) is 0 Å². The lowest BCUT2D eigenvalue weighted by atomic mass is 10.1. The number of H-pyrrole nitrogens is 1. The zero-order valence-electron chi connectivity index (χ0n) is 17.0. The van der Waals surface area contributed by atoms with Crippen molar-refractivity contribution in [3.63, 3.8) is 0 Å². The molecular weight excluding hydrogens is 432 g/mol. The van der Waals surface area contributed by atoms with Crippen LogP contribution in [0.3, 0.4) is 0 Å². The summed E-state index contributed by atoms with van der Waals surface area (Å²) in [6.07, 6.45) is 0.289. The molecule has 0 aliphatic carbocycles. The highest BCUT2D eigenvalue weighted by Gasteiger charge is 2.32. The van der Waals surface area contributed by atoms with E-state index >= 15 is 0 Å². The topological polar surface area (TPSA) is 257 Å². The molecule has 15 heteroatoms. The molecule has 1 aromatic heterocycles. The second-order valence-corrected chi connectivity index (χ2v) is 6.85. The number of rotatable bonds is 13. The molecule has 32 heavy (non-hydrogen) atoms. The molecule has 0 aliphatic rings. The van der Waals surface area contributed by atoms with Gasteiger partial charge in [0.25, 0.3) is 0 Å². The maximum absolute atomic E-state index is 12.7. The standard InChI is InChI=1S/C17H26N6O9/c1-7(25)13(18)16(30)22-10(3-12(26)27)15(29)21-9(2-8-4-19-6-20-8)14(28)23-11(5-24)17(31)32/h4,6-7,9-11,13,24-25H,2-3,5,18H2,1H3,(H,19,20)(H,21,29)(H,22,30)(H,23,28)(H,26,27)(H,31,32). The monoisotopic (exact) mass is 458 g/mol. The predicted molar refractivity (Wildman–Crippen MR) is 105 cm³/mol. The Morgan fingerprint density at radius 2 is 1.59 bits per heavy atom. The minimum Gasteiger partial charge on any atom is -0.481 e.